The third-order valence-corrected chi connectivity index (χ3v) is 2.27. The van der Waals surface area contributed by atoms with E-state index in [-0.39, 0.29) is 17.1 Å². The summed E-state index contributed by atoms with van der Waals surface area (Å²) in [7, 11) is 1.51. The van der Waals surface area contributed by atoms with E-state index in [2.05, 4.69) is 6.58 Å². The molecule has 0 amide bonds. The molecule has 0 spiro atoms. The van der Waals surface area contributed by atoms with Crippen molar-refractivity contribution in [3.05, 3.63) is 41.5 Å². The molecule has 0 saturated carbocycles. The molecule has 0 aliphatic rings. The number of rotatable bonds is 4. The maximum atomic E-state index is 11.3. The maximum absolute atomic E-state index is 11.3. The average molecular weight is 232 g/mol. The van der Waals surface area contributed by atoms with E-state index in [1.165, 1.54) is 20.1 Å². The molecule has 0 radical (unpaired) electrons. The van der Waals surface area contributed by atoms with Crippen LogP contribution in [-0.4, -0.2) is 18.0 Å². The SMILES string of the molecule is C=C(C)C=Cc1cc(C(C)=O)c(O)cc1OC. The van der Waals surface area contributed by atoms with Crippen molar-refractivity contribution in [3.63, 3.8) is 0 Å². The van der Waals surface area contributed by atoms with Crippen LogP contribution < -0.4 is 4.74 Å². The first-order chi connectivity index (χ1) is 7.95. The lowest BCUT2D eigenvalue weighted by Crippen LogP contribution is -1.96. The Bertz CT molecular complexity index is 484. The molecule has 0 aliphatic heterocycles. The normalized spacial score (nSPS) is 10.5. The van der Waals surface area contributed by atoms with Crippen molar-refractivity contribution in [3.8, 4) is 11.5 Å². The summed E-state index contributed by atoms with van der Waals surface area (Å²) >= 11 is 0. The van der Waals surface area contributed by atoms with Gasteiger partial charge in [-0.2, -0.15) is 0 Å². The molecular formula is C14H16O3. The number of Topliss-reactive ketones (excluding diaryl/α,β-unsaturated/α-hetero) is 1. The monoisotopic (exact) mass is 232 g/mol. The molecule has 0 heterocycles. The molecule has 0 unspecified atom stereocenters. The lowest BCUT2D eigenvalue weighted by atomic mass is 10.0. The number of allylic oxidation sites excluding steroid dienone is 2. The predicted molar refractivity (Wildman–Crippen MR) is 68.5 cm³/mol. The minimum absolute atomic E-state index is 0.0678. The highest BCUT2D eigenvalue weighted by Crippen LogP contribution is 2.29. The van der Waals surface area contributed by atoms with Gasteiger partial charge in [0.1, 0.15) is 11.5 Å². The van der Waals surface area contributed by atoms with Gasteiger partial charge in [0.25, 0.3) is 0 Å². The van der Waals surface area contributed by atoms with Crippen LogP contribution in [0.25, 0.3) is 6.08 Å². The third-order valence-electron chi connectivity index (χ3n) is 2.27. The summed E-state index contributed by atoms with van der Waals surface area (Å²) in [6.45, 7) is 7.04. The highest BCUT2D eigenvalue weighted by molar-refractivity contribution is 5.97. The number of benzene rings is 1. The van der Waals surface area contributed by atoms with E-state index in [1.807, 2.05) is 13.0 Å². The molecule has 1 aromatic carbocycles. The molecule has 1 aromatic rings. The number of ketones is 1. The van der Waals surface area contributed by atoms with Crippen molar-refractivity contribution in [1.29, 1.82) is 0 Å². The smallest absolute Gasteiger partial charge is 0.163 e. The number of phenolic OH excluding ortho intramolecular Hbond substituents is 1. The van der Waals surface area contributed by atoms with Gasteiger partial charge in [-0.3, -0.25) is 4.79 Å². The Labute approximate surface area is 101 Å². The van der Waals surface area contributed by atoms with Crippen LogP contribution in [0.1, 0.15) is 29.8 Å². The van der Waals surface area contributed by atoms with Gasteiger partial charge in [0, 0.05) is 11.6 Å². The van der Waals surface area contributed by atoms with Crippen LogP contribution in [0.5, 0.6) is 11.5 Å². The number of ether oxygens (including phenoxy) is 1. The highest BCUT2D eigenvalue weighted by atomic mass is 16.5. The summed E-state index contributed by atoms with van der Waals surface area (Å²) in [5.74, 6) is 0.266. The molecule has 17 heavy (non-hydrogen) atoms. The van der Waals surface area contributed by atoms with E-state index in [4.69, 9.17) is 4.74 Å². The summed E-state index contributed by atoms with van der Waals surface area (Å²) in [5, 5.41) is 9.65. The Morgan fingerprint density at radius 1 is 1.41 bits per heavy atom. The predicted octanol–water partition coefficient (Wildman–Crippen LogP) is 3.19. The Kier molecular flexibility index (Phi) is 4.10. The first-order valence-electron chi connectivity index (χ1n) is 5.21. The summed E-state index contributed by atoms with van der Waals surface area (Å²) in [4.78, 5) is 11.3. The van der Waals surface area contributed by atoms with E-state index in [1.54, 1.807) is 12.1 Å². The number of aromatic hydroxyl groups is 1. The van der Waals surface area contributed by atoms with E-state index in [0.29, 0.717) is 5.75 Å². The topological polar surface area (TPSA) is 46.5 Å². The molecule has 0 atom stereocenters. The lowest BCUT2D eigenvalue weighted by Gasteiger charge is -2.08. The second-order valence-electron chi connectivity index (χ2n) is 3.85. The Balaban J connectivity index is 3.31. The highest BCUT2D eigenvalue weighted by Gasteiger charge is 2.11. The zero-order valence-electron chi connectivity index (χ0n) is 10.3. The Morgan fingerprint density at radius 2 is 2.06 bits per heavy atom. The molecule has 3 heteroatoms. The number of hydrogen-bond acceptors (Lipinski definition) is 3. The fraction of sp³-hybridized carbons (Fsp3) is 0.214. The molecule has 0 bridgehead atoms. The van der Waals surface area contributed by atoms with Crippen LogP contribution in [0.15, 0.2) is 30.4 Å². The Morgan fingerprint density at radius 3 is 2.53 bits per heavy atom. The fourth-order valence-corrected chi connectivity index (χ4v) is 1.41. The van der Waals surface area contributed by atoms with E-state index >= 15 is 0 Å². The Hall–Kier alpha value is -2.03. The van der Waals surface area contributed by atoms with Gasteiger partial charge in [-0.15, -0.1) is 0 Å². The number of carbonyl (C=O) groups excluding carboxylic acids is 1. The molecular weight excluding hydrogens is 216 g/mol. The molecule has 3 nitrogen and oxygen atoms in total. The number of methoxy groups -OCH3 is 1. The van der Waals surface area contributed by atoms with Gasteiger partial charge in [-0.05, 0) is 19.9 Å². The van der Waals surface area contributed by atoms with Crippen molar-refractivity contribution >= 4 is 11.9 Å². The van der Waals surface area contributed by atoms with E-state index < -0.39 is 0 Å². The zero-order valence-corrected chi connectivity index (χ0v) is 10.3. The van der Waals surface area contributed by atoms with Crippen molar-refractivity contribution in [2.45, 2.75) is 13.8 Å². The molecule has 0 fully saturated rings. The van der Waals surface area contributed by atoms with Gasteiger partial charge >= 0.3 is 0 Å². The summed E-state index contributed by atoms with van der Waals surface area (Å²) in [6.07, 6.45) is 3.62. The van der Waals surface area contributed by atoms with Gasteiger partial charge < -0.3 is 9.84 Å². The largest absolute Gasteiger partial charge is 0.507 e. The molecule has 0 saturated heterocycles. The van der Waals surface area contributed by atoms with Crippen LogP contribution >= 0.6 is 0 Å². The summed E-state index contributed by atoms with van der Waals surface area (Å²) in [6, 6.07) is 3.05. The number of hydrogen-bond donors (Lipinski definition) is 1. The molecule has 0 aromatic heterocycles. The fourth-order valence-electron chi connectivity index (χ4n) is 1.41. The minimum atomic E-state index is -0.185. The average Bonchev–Trinajstić information content (AvgIpc) is 2.26. The second-order valence-corrected chi connectivity index (χ2v) is 3.85. The second kappa shape index (κ2) is 5.34. The van der Waals surface area contributed by atoms with E-state index in [0.717, 1.165) is 11.1 Å². The minimum Gasteiger partial charge on any atom is -0.507 e. The van der Waals surface area contributed by atoms with Gasteiger partial charge in [-0.1, -0.05) is 24.3 Å². The van der Waals surface area contributed by atoms with Gasteiger partial charge in [0.05, 0.1) is 12.7 Å². The maximum Gasteiger partial charge on any atom is 0.163 e. The van der Waals surface area contributed by atoms with Crippen molar-refractivity contribution in [2.75, 3.05) is 7.11 Å². The number of carbonyl (C=O) groups is 1. The first-order valence-corrected chi connectivity index (χ1v) is 5.21. The summed E-state index contributed by atoms with van der Waals surface area (Å²) < 4.78 is 5.14. The molecule has 0 aliphatic carbocycles. The van der Waals surface area contributed by atoms with Crippen LogP contribution in [0.4, 0.5) is 0 Å². The lowest BCUT2D eigenvalue weighted by molar-refractivity contribution is 0.101. The van der Waals surface area contributed by atoms with E-state index in [9.17, 15) is 9.90 Å². The quantitative estimate of drug-likeness (QED) is 0.640. The zero-order chi connectivity index (χ0) is 13.0. The molecule has 90 valence electrons. The van der Waals surface area contributed by atoms with Gasteiger partial charge in [0.2, 0.25) is 0 Å². The van der Waals surface area contributed by atoms with Crippen molar-refractivity contribution < 1.29 is 14.6 Å². The van der Waals surface area contributed by atoms with Gasteiger partial charge in [-0.25, -0.2) is 0 Å². The molecule has 1 rings (SSSR count). The van der Waals surface area contributed by atoms with Crippen LogP contribution in [-0.2, 0) is 0 Å². The van der Waals surface area contributed by atoms with Crippen LogP contribution in [0.3, 0.4) is 0 Å². The first kappa shape index (κ1) is 13.0. The summed E-state index contributed by atoms with van der Waals surface area (Å²) in [5.41, 5.74) is 1.91. The number of phenols is 1. The van der Waals surface area contributed by atoms with Crippen molar-refractivity contribution in [2.24, 2.45) is 0 Å². The standard InChI is InChI=1S/C14H16O3/c1-9(2)5-6-11-7-12(10(3)15)13(16)8-14(11)17-4/h5-8,16H,1H2,2-4H3. The van der Waals surface area contributed by atoms with Crippen LogP contribution in [0.2, 0.25) is 0 Å². The van der Waals surface area contributed by atoms with Crippen molar-refractivity contribution in [1.82, 2.24) is 0 Å². The van der Waals surface area contributed by atoms with Crippen LogP contribution in [0, 0.1) is 0 Å². The third kappa shape index (κ3) is 3.21. The van der Waals surface area contributed by atoms with Gasteiger partial charge in [0.15, 0.2) is 5.78 Å². The molecule has 1 N–H and O–H groups in total.